The van der Waals surface area contributed by atoms with Crippen molar-refractivity contribution in [2.75, 3.05) is 5.75 Å². The Kier molecular flexibility index (Phi) is 7.83. The van der Waals surface area contributed by atoms with Gasteiger partial charge < -0.3 is 14.8 Å². The number of β-lactam (4-membered cyclic amide) rings is 1. The summed E-state index contributed by atoms with van der Waals surface area (Å²) in [4.78, 5) is 50.7. The molecule has 0 bridgehead atoms. The van der Waals surface area contributed by atoms with Crippen LogP contribution in [0.25, 0.3) is 0 Å². The van der Waals surface area contributed by atoms with E-state index in [0.29, 0.717) is 16.9 Å². The molecule has 2 aliphatic rings. The first-order valence-electron chi connectivity index (χ1n) is 12.5. The second-order valence-corrected chi connectivity index (χ2v) is 10.4. The van der Waals surface area contributed by atoms with Crippen molar-refractivity contribution in [3.8, 4) is 0 Å². The van der Waals surface area contributed by atoms with Gasteiger partial charge in [-0.3, -0.25) is 19.8 Å². The third-order valence-corrected chi connectivity index (χ3v) is 8.00. The van der Waals surface area contributed by atoms with Crippen molar-refractivity contribution in [3.05, 3.63) is 123 Å². The molecule has 0 aliphatic carbocycles. The number of non-ortho nitro benzene ring substituents is 1. The lowest BCUT2D eigenvalue weighted by Crippen LogP contribution is -2.70. The second-order valence-electron chi connectivity index (χ2n) is 9.27. The van der Waals surface area contributed by atoms with Crippen molar-refractivity contribution < 1.29 is 28.8 Å². The predicted octanol–water partition coefficient (Wildman–Crippen LogP) is 4.71. The molecule has 2 aliphatic heterocycles. The Morgan fingerprint density at radius 1 is 1.02 bits per heavy atom. The highest BCUT2D eigenvalue weighted by Gasteiger charge is 2.54. The van der Waals surface area contributed by atoms with E-state index in [2.05, 4.69) is 5.32 Å². The number of ether oxygens (including phenoxy) is 2. The van der Waals surface area contributed by atoms with E-state index in [9.17, 15) is 24.5 Å². The highest BCUT2D eigenvalue weighted by atomic mass is 32.2. The van der Waals surface area contributed by atoms with Crippen LogP contribution in [0.5, 0.6) is 0 Å². The van der Waals surface area contributed by atoms with Gasteiger partial charge in [0.05, 0.1) is 4.92 Å². The fourth-order valence-electron chi connectivity index (χ4n) is 4.54. The number of fused-ring (bicyclic) bond motifs is 1. The number of thioether (sulfide) groups is 1. The van der Waals surface area contributed by atoms with Crippen LogP contribution in [0, 0.1) is 10.1 Å². The van der Waals surface area contributed by atoms with E-state index < -0.39 is 40.4 Å². The van der Waals surface area contributed by atoms with Crippen LogP contribution in [0.2, 0.25) is 0 Å². The second kappa shape index (κ2) is 11.6. The van der Waals surface area contributed by atoms with Crippen molar-refractivity contribution >= 4 is 35.4 Å². The molecule has 40 heavy (non-hydrogen) atoms. The molecule has 1 N–H and O–H groups in total. The van der Waals surface area contributed by atoms with Gasteiger partial charge in [0, 0.05) is 17.9 Å². The Labute approximate surface area is 234 Å². The fraction of sp³-hybridized carbons (Fsp3) is 0.207. The Hall–Kier alpha value is -4.64. The van der Waals surface area contributed by atoms with Crippen LogP contribution in [0.15, 0.2) is 96.2 Å². The highest BCUT2D eigenvalue weighted by molar-refractivity contribution is 8.00. The molecular weight excluding hydrogens is 534 g/mol. The summed E-state index contributed by atoms with van der Waals surface area (Å²) in [7, 11) is 0. The van der Waals surface area contributed by atoms with Gasteiger partial charge in [-0.25, -0.2) is 9.59 Å². The molecule has 0 saturated carbocycles. The number of carbonyl (C=O) groups is 3. The summed E-state index contributed by atoms with van der Waals surface area (Å²) in [6.07, 6.45) is -1.47. The molecule has 11 heteroatoms. The van der Waals surface area contributed by atoms with Crippen LogP contribution in [-0.2, 0) is 25.7 Å². The molecule has 0 spiro atoms. The number of hydrogen-bond acceptors (Lipinski definition) is 8. The first-order chi connectivity index (χ1) is 19.3. The van der Waals surface area contributed by atoms with Gasteiger partial charge >= 0.3 is 12.1 Å². The molecule has 1 fully saturated rings. The molecule has 5 rings (SSSR count). The topological polar surface area (TPSA) is 128 Å². The molecule has 1 saturated heterocycles. The lowest BCUT2D eigenvalue weighted by atomic mass is 10.0. The summed E-state index contributed by atoms with van der Waals surface area (Å²) in [5.74, 6) is -0.573. The molecule has 10 nitrogen and oxygen atoms in total. The molecule has 0 radical (unpaired) electrons. The molecule has 0 aromatic heterocycles. The zero-order valence-corrected chi connectivity index (χ0v) is 22.2. The van der Waals surface area contributed by atoms with E-state index in [0.717, 1.165) is 11.1 Å². The maximum atomic E-state index is 13.5. The Bertz CT molecular complexity index is 1420. The normalized spacial score (nSPS) is 18.1. The third-order valence-electron chi connectivity index (χ3n) is 6.57. The molecular formula is C29H25N3O7S. The van der Waals surface area contributed by atoms with Gasteiger partial charge in [0.1, 0.15) is 23.7 Å². The first-order valence-corrected chi connectivity index (χ1v) is 13.5. The van der Waals surface area contributed by atoms with Crippen LogP contribution in [-0.4, -0.2) is 45.0 Å². The largest absolute Gasteiger partial charge is 0.448 e. The molecule has 204 valence electrons. The van der Waals surface area contributed by atoms with Gasteiger partial charge in [0.15, 0.2) is 6.10 Å². The van der Waals surface area contributed by atoms with E-state index >= 15 is 0 Å². The number of nitro benzene ring substituents is 1. The van der Waals surface area contributed by atoms with Gasteiger partial charge in [0.25, 0.3) is 11.6 Å². The van der Waals surface area contributed by atoms with Crippen LogP contribution in [0.4, 0.5) is 10.5 Å². The summed E-state index contributed by atoms with van der Waals surface area (Å²) < 4.78 is 11.2. The Balaban J connectivity index is 1.24. The van der Waals surface area contributed by atoms with Gasteiger partial charge in [-0.15, -0.1) is 11.8 Å². The minimum absolute atomic E-state index is 0.0702. The summed E-state index contributed by atoms with van der Waals surface area (Å²) in [5, 5.41) is 12.9. The highest BCUT2D eigenvalue weighted by Crippen LogP contribution is 2.41. The average molecular weight is 560 g/mol. The maximum Gasteiger partial charge on any atom is 0.408 e. The Morgan fingerprint density at radius 3 is 2.20 bits per heavy atom. The Morgan fingerprint density at radius 2 is 1.62 bits per heavy atom. The predicted molar refractivity (Wildman–Crippen MR) is 147 cm³/mol. The van der Waals surface area contributed by atoms with Crippen molar-refractivity contribution in [2.24, 2.45) is 0 Å². The fourth-order valence-corrected chi connectivity index (χ4v) is 5.83. The summed E-state index contributed by atoms with van der Waals surface area (Å²) >= 11 is 1.43. The minimum Gasteiger partial charge on any atom is -0.448 e. The minimum atomic E-state index is -0.871. The van der Waals surface area contributed by atoms with E-state index in [1.54, 1.807) is 6.92 Å². The van der Waals surface area contributed by atoms with E-state index in [-0.39, 0.29) is 18.0 Å². The maximum absolute atomic E-state index is 13.5. The third kappa shape index (κ3) is 5.55. The van der Waals surface area contributed by atoms with Crippen LogP contribution in [0.3, 0.4) is 0 Å². The summed E-state index contributed by atoms with van der Waals surface area (Å²) in [6.45, 7) is 1.66. The lowest BCUT2D eigenvalue weighted by Gasteiger charge is -2.49. The molecule has 2 heterocycles. The number of nitrogens with zero attached hydrogens (tertiary/aromatic N) is 2. The zero-order chi connectivity index (χ0) is 28.2. The standard InChI is InChI=1S/C29H25N3O7S/c1-18-17-40-27-23(30-29(35)38-16-19-12-14-22(15-13-19)32(36)37)26(33)31(27)24(18)28(34)39-25(20-8-4-2-5-9-20)21-10-6-3-7-11-21/h2-15,23,25,27H,16-17H2,1H3,(H,30,35). The van der Waals surface area contributed by atoms with Crippen LogP contribution in [0.1, 0.15) is 29.7 Å². The number of carbonyl (C=O) groups excluding carboxylic acids is 3. The monoisotopic (exact) mass is 559 g/mol. The van der Waals surface area contributed by atoms with Crippen molar-refractivity contribution in [3.63, 3.8) is 0 Å². The van der Waals surface area contributed by atoms with Gasteiger partial charge in [-0.1, -0.05) is 60.7 Å². The summed E-state index contributed by atoms with van der Waals surface area (Å²) in [6, 6.07) is 23.5. The van der Waals surface area contributed by atoms with E-state index in [1.807, 2.05) is 60.7 Å². The number of alkyl carbamates (subject to hydrolysis) is 1. The first kappa shape index (κ1) is 26.9. The van der Waals surface area contributed by atoms with Crippen molar-refractivity contribution in [2.45, 2.75) is 31.1 Å². The number of rotatable bonds is 8. The number of nitrogens with one attached hydrogen (secondary N) is 1. The molecule has 3 aromatic rings. The SMILES string of the molecule is CC1=C(C(=O)OC(c2ccccc2)c2ccccc2)N2C(=O)C(NC(=O)OCc3ccc([N+](=O)[O-])cc3)C2SC1. The molecule has 2 unspecified atom stereocenters. The van der Waals surface area contributed by atoms with Crippen molar-refractivity contribution in [1.29, 1.82) is 0 Å². The summed E-state index contributed by atoms with van der Waals surface area (Å²) in [5.41, 5.74) is 2.98. The lowest BCUT2D eigenvalue weighted by molar-refractivity contribution is -0.384. The molecule has 2 amide bonds. The van der Waals surface area contributed by atoms with Gasteiger partial charge in [0.2, 0.25) is 0 Å². The van der Waals surface area contributed by atoms with Crippen molar-refractivity contribution in [1.82, 2.24) is 10.2 Å². The van der Waals surface area contributed by atoms with Gasteiger partial charge in [-0.05, 0) is 41.3 Å². The van der Waals surface area contributed by atoms with Crippen LogP contribution >= 0.6 is 11.8 Å². The zero-order valence-electron chi connectivity index (χ0n) is 21.4. The smallest absolute Gasteiger partial charge is 0.408 e. The number of amides is 2. The molecule has 3 aromatic carbocycles. The van der Waals surface area contributed by atoms with E-state index in [4.69, 9.17) is 9.47 Å². The molecule has 2 atom stereocenters. The number of hydrogen-bond donors (Lipinski definition) is 1. The average Bonchev–Trinajstić information content (AvgIpc) is 2.98. The van der Waals surface area contributed by atoms with Crippen LogP contribution < -0.4 is 5.32 Å². The van der Waals surface area contributed by atoms with Gasteiger partial charge in [-0.2, -0.15) is 0 Å². The quantitative estimate of drug-likeness (QED) is 0.182. The van der Waals surface area contributed by atoms with E-state index in [1.165, 1.54) is 40.9 Å². The number of esters is 1. The number of benzene rings is 3. The number of nitro groups is 1.